The molecular formula is C25H31N3O3. The number of nitrogens with one attached hydrogen (secondary N) is 1. The van der Waals surface area contributed by atoms with Crippen molar-refractivity contribution < 1.29 is 14.3 Å². The monoisotopic (exact) mass is 421 g/mol. The molecule has 1 heterocycles. The van der Waals surface area contributed by atoms with Crippen LogP contribution >= 0.6 is 0 Å². The number of hydrogen-bond donors (Lipinski definition) is 1. The lowest BCUT2D eigenvalue weighted by Crippen LogP contribution is -2.47. The van der Waals surface area contributed by atoms with Crippen molar-refractivity contribution in [1.82, 2.24) is 10.3 Å². The molecule has 1 saturated carbocycles. The van der Waals surface area contributed by atoms with Gasteiger partial charge >= 0.3 is 0 Å². The Hall–Kier alpha value is -2.86. The van der Waals surface area contributed by atoms with E-state index in [1.54, 1.807) is 19.2 Å². The summed E-state index contributed by atoms with van der Waals surface area (Å²) in [4.78, 5) is 13.2. The van der Waals surface area contributed by atoms with E-state index in [4.69, 9.17) is 14.6 Å². The molecule has 2 unspecified atom stereocenters. The lowest BCUT2D eigenvalue weighted by atomic mass is 9.73. The fourth-order valence-corrected chi connectivity index (χ4v) is 4.64. The number of carbonyl (C=O) groups is 1. The van der Waals surface area contributed by atoms with Crippen molar-refractivity contribution in [2.24, 2.45) is 16.9 Å². The van der Waals surface area contributed by atoms with Gasteiger partial charge < -0.3 is 14.8 Å². The van der Waals surface area contributed by atoms with Gasteiger partial charge in [0.1, 0.15) is 0 Å². The topological polar surface area (TPSA) is 63.2 Å². The molecule has 1 N–H and O–H groups in total. The van der Waals surface area contributed by atoms with Crippen molar-refractivity contribution in [2.75, 3.05) is 27.3 Å². The van der Waals surface area contributed by atoms with Crippen molar-refractivity contribution in [3.8, 4) is 11.5 Å². The van der Waals surface area contributed by atoms with E-state index in [0.29, 0.717) is 24.6 Å². The molecule has 2 aromatic rings. The average molecular weight is 422 g/mol. The zero-order chi connectivity index (χ0) is 21.6. The maximum absolute atomic E-state index is 13.2. The smallest absolute Gasteiger partial charge is 0.246 e. The third-order valence-corrected chi connectivity index (χ3v) is 6.27. The van der Waals surface area contributed by atoms with Gasteiger partial charge in [0.2, 0.25) is 5.91 Å². The number of hydrogen-bond acceptors (Lipinski definition) is 5. The van der Waals surface area contributed by atoms with Gasteiger partial charge in [-0.25, -0.2) is 5.01 Å². The van der Waals surface area contributed by atoms with Gasteiger partial charge in [-0.15, -0.1) is 0 Å². The highest BCUT2D eigenvalue weighted by molar-refractivity contribution is 6.07. The number of rotatable bonds is 8. The quantitative estimate of drug-likeness (QED) is 0.658. The highest BCUT2D eigenvalue weighted by Gasteiger charge is 2.41. The van der Waals surface area contributed by atoms with Crippen molar-refractivity contribution in [1.29, 1.82) is 0 Å². The highest BCUT2D eigenvalue weighted by atomic mass is 16.5. The van der Waals surface area contributed by atoms with Crippen molar-refractivity contribution >= 4 is 11.6 Å². The average Bonchev–Trinajstić information content (AvgIpc) is 2.83. The van der Waals surface area contributed by atoms with Crippen LogP contribution in [0.5, 0.6) is 11.5 Å². The molecule has 0 radical (unpaired) electrons. The van der Waals surface area contributed by atoms with E-state index in [0.717, 1.165) is 43.5 Å². The van der Waals surface area contributed by atoms with E-state index in [-0.39, 0.29) is 17.7 Å². The minimum absolute atomic E-state index is 0.0171. The molecule has 2 aromatic carbocycles. The van der Waals surface area contributed by atoms with Crippen molar-refractivity contribution in [3.63, 3.8) is 0 Å². The van der Waals surface area contributed by atoms with Crippen LogP contribution in [-0.2, 0) is 11.3 Å². The van der Waals surface area contributed by atoms with Crippen LogP contribution in [0.15, 0.2) is 53.6 Å². The minimum Gasteiger partial charge on any atom is -0.493 e. The number of ether oxygens (including phenoxy) is 2. The first-order valence-corrected chi connectivity index (χ1v) is 11.1. The molecule has 0 spiro atoms. The maximum atomic E-state index is 13.2. The summed E-state index contributed by atoms with van der Waals surface area (Å²) in [5.74, 6) is 1.73. The molecule has 4 rings (SSSR count). The second-order valence-electron chi connectivity index (χ2n) is 8.18. The molecule has 6 nitrogen and oxygen atoms in total. The Morgan fingerprint density at radius 1 is 1.00 bits per heavy atom. The Morgan fingerprint density at radius 3 is 2.48 bits per heavy atom. The van der Waals surface area contributed by atoms with Crippen molar-refractivity contribution in [2.45, 2.75) is 32.2 Å². The summed E-state index contributed by atoms with van der Waals surface area (Å²) in [6, 6.07) is 16.2. The molecule has 1 fully saturated rings. The molecule has 2 atom stereocenters. The van der Waals surface area contributed by atoms with Crippen LogP contribution < -0.4 is 14.8 Å². The minimum atomic E-state index is 0.0171. The van der Waals surface area contributed by atoms with E-state index in [1.165, 1.54) is 5.56 Å². The predicted octanol–water partition coefficient (Wildman–Crippen LogP) is 3.85. The van der Waals surface area contributed by atoms with E-state index >= 15 is 0 Å². The lowest BCUT2D eigenvalue weighted by molar-refractivity contribution is -0.138. The number of hydrazone groups is 1. The van der Waals surface area contributed by atoms with Crippen LogP contribution in [0.25, 0.3) is 0 Å². The van der Waals surface area contributed by atoms with Crippen LogP contribution in [0.2, 0.25) is 0 Å². The molecular weight excluding hydrogens is 390 g/mol. The highest BCUT2D eigenvalue weighted by Crippen LogP contribution is 2.38. The van der Waals surface area contributed by atoms with E-state index in [2.05, 4.69) is 17.4 Å². The maximum Gasteiger partial charge on any atom is 0.246 e. The molecule has 0 saturated heterocycles. The number of amides is 1. The van der Waals surface area contributed by atoms with Gasteiger partial charge in [0.25, 0.3) is 0 Å². The number of methoxy groups -OCH3 is 2. The zero-order valence-corrected chi connectivity index (χ0v) is 18.3. The van der Waals surface area contributed by atoms with E-state index < -0.39 is 0 Å². The van der Waals surface area contributed by atoms with Crippen LogP contribution in [0.1, 0.15) is 36.8 Å². The van der Waals surface area contributed by atoms with Gasteiger partial charge in [-0.05, 0) is 36.6 Å². The first-order chi connectivity index (χ1) is 15.2. The molecule has 1 aliphatic heterocycles. The molecule has 0 aromatic heterocycles. The third-order valence-electron chi connectivity index (χ3n) is 6.27. The summed E-state index contributed by atoms with van der Waals surface area (Å²) in [6.45, 7) is 2.04. The van der Waals surface area contributed by atoms with Crippen LogP contribution in [0.4, 0.5) is 0 Å². The van der Waals surface area contributed by atoms with Gasteiger partial charge in [-0.2, -0.15) is 5.10 Å². The molecule has 6 heteroatoms. The number of carbonyl (C=O) groups excluding carboxylic acids is 1. The van der Waals surface area contributed by atoms with Gasteiger partial charge in [0, 0.05) is 30.5 Å². The predicted molar refractivity (Wildman–Crippen MR) is 121 cm³/mol. The molecule has 31 heavy (non-hydrogen) atoms. The standard InChI is InChI=1S/C25H31N3O3/c1-30-22-13-12-19(16-23(22)31-2)24-20-10-6-7-11-21(20)25(29)28(27-24)15-14-26-17-18-8-4-3-5-9-18/h3-5,8-9,12-13,16,20-21,26H,6-7,10-11,14-15,17H2,1-2H3. The second-order valence-corrected chi connectivity index (χ2v) is 8.18. The lowest BCUT2D eigenvalue weighted by Gasteiger charge is -2.38. The summed E-state index contributed by atoms with van der Waals surface area (Å²) in [6.07, 6.45) is 4.18. The van der Waals surface area contributed by atoms with Crippen molar-refractivity contribution in [3.05, 3.63) is 59.7 Å². The number of benzene rings is 2. The van der Waals surface area contributed by atoms with Gasteiger partial charge in [0.05, 0.1) is 26.5 Å². The molecule has 164 valence electrons. The summed E-state index contributed by atoms with van der Waals surface area (Å²) in [5, 5.41) is 9.96. The largest absolute Gasteiger partial charge is 0.493 e. The van der Waals surface area contributed by atoms with E-state index in [9.17, 15) is 4.79 Å². The SMILES string of the molecule is COc1ccc(C2=NN(CCNCc3ccccc3)C(=O)C3CCCCC23)cc1OC. The van der Waals surface area contributed by atoms with Crippen LogP contribution in [0, 0.1) is 11.8 Å². The summed E-state index contributed by atoms with van der Waals surface area (Å²) in [7, 11) is 3.28. The molecule has 1 amide bonds. The fourth-order valence-electron chi connectivity index (χ4n) is 4.64. The first kappa shape index (κ1) is 21.4. The Balaban J connectivity index is 1.53. The van der Waals surface area contributed by atoms with Gasteiger partial charge in [-0.1, -0.05) is 43.2 Å². The Morgan fingerprint density at radius 2 is 1.74 bits per heavy atom. The normalized spacial score (nSPS) is 20.8. The summed E-state index contributed by atoms with van der Waals surface area (Å²) < 4.78 is 10.9. The summed E-state index contributed by atoms with van der Waals surface area (Å²) in [5.41, 5.74) is 3.23. The van der Waals surface area contributed by atoms with Gasteiger partial charge in [0.15, 0.2) is 11.5 Å². The molecule has 2 aliphatic rings. The van der Waals surface area contributed by atoms with Gasteiger partial charge in [-0.3, -0.25) is 4.79 Å². The molecule has 0 bridgehead atoms. The number of nitrogens with zero attached hydrogens (tertiary/aromatic N) is 2. The summed E-state index contributed by atoms with van der Waals surface area (Å²) >= 11 is 0. The Kier molecular flexibility index (Phi) is 6.87. The number of fused-ring (bicyclic) bond motifs is 1. The third kappa shape index (κ3) is 4.74. The van der Waals surface area contributed by atoms with Crippen LogP contribution in [0.3, 0.4) is 0 Å². The first-order valence-electron chi connectivity index (χ1n) is 11.1. The van der Waals surface area contributed by atoms with Crippen LogP contribution in [-0.4, -0.2) is 43.9 Å². The Bertz CT molecular complexity index is 929. The second kappa shape index (κ2) is 9.96. The zero-order valence-electron chi connectivity index (χ0n) is 18.3. The van der Waals surface area contributed by atoms with E-state index in [1.807, 2.05) is 36.4 Å². The Labute approximate surface area is 184 Å². The molecule has 1 aliphatic carbocycles. The fraction of sp³-hybridized carbons (Fsp3) is 0.440.